The van der Waals surface area contributed by atoms with Crippen molar-refractivity contribution >= 4 is 28.5 Å². The average Bonchev–Trinajstić information content (AvgIpc) is 2.72. The minimum Gasteiger partial charge on any atom is -0.493 e. The highest BCUT2D eigenvalue weighted by Crippen LogP contribution is 2.27. The third kappa shape index (κ3) is 5.09. The van der Waals surface area contributed by atoms with Gasteiger partial charge in [-0.05, 0) is 36.2 Å². The molecule has 0 aliphatic rings. The molecule has 2 aromatic carbocycles. The fourth-order valence-corrected chi connectivity index (χ4v) is 3.19. The second-order valence-electron chi connectivity index (χ2n) is 6.29. The van der Waals surface area contributed by atoms with E-state index in [2.05, 4.69) is 0 Å². The first-order chi connectivity index (χ1) is 14.0. The molecule has 0 atom stereocenters. The summed E-state index contributed by atoms with van der Waals surface area (Å²) in [6.45, 7) is 2.05. The van der Waals surface area contributed by atoms with Gasteiger partial charge >= 0.3 is 11.6 Å². The van der Waals surface area contributed by atoms with Crippen LogP contribution in [0.3, 0.4) is 0 Å². The number of carbonyl (C=O) groups excluding carboxylic acids is 1. The zero-order valence-corrected chi connectivity index (χ0v) is 17.0. The van der Waals surface area contributed by atoms with Gasteiger partial charge in [-0.2, -0.15) is 0 Å². The third-order valence-corrected chi connectivity index (χ3v) is 4.75. The molecule has 152 valence electrons. The van der Waals surface area contributed by atoms with Crippen LogP contribution in [0.1, 0.15) is 24.5 Å². The van der Waals surface area contributed by atoms with Crippen molar-refractivity contribution in [2.24, 2.45) is 0 Å². The Morgan fingerprint density at radius 2 is 1.86 bits per heavy atom. The normalized spacial score (nSPS) is 10.7. The first-order valence-electron chi connectivity index (χ1n) is 9.18. The van der Waals surface area contributed by atoms with Crippen LogP contribution in [0.5, 0.6) is 11.5 Å². The maximum absolute atomic E-state index is 12.1. The molecule has 0 spiro atoms. The molecule has 0 N–H and O–H groups in total. The highest BCUT2D eigenvalue weighted by Gasteiger charge is 2.12. The molecular formula is C22H21ClO6. The molecule has 0 aliphatic heterocycles. The van der Waals surface area contributed by atoms with Crippen molar-refractivity contribution in [3.05, 3.63) is 69.0 Å². The van der Waals surface area contributed by atoms with Crippen LogP contribution >= 0.6 is 11.6 Å². The van der Waals surface area contributed by atoms with Gasteiger partial charge in [-0.3, -0.25) is 4.79 Å². The Balaban J connectivity index is 1.63. The molecule has 0 saturated carbocycles. The monoisotopic (exact) mass is 416 g/mol. The molecule has 1 aromatic heterocycles. The van der Waals surface area contributed by atoms with E-state index in [1.54, 1.807) is 31.4 Å². The molecule has 1 heterocycles. The van der Waals surface area contributed by atoms with Crippen molar-refractivity contribution in [1.82, 2.24) is 0 Å². The summed E-state index contributed by atoms with van der Waals surface area (Å²) < 4.78 is 21.3. The molecule has 3 aromatic rings. The first-order valence-corrected chi connectivity index (χ1v) is 9.56. The predicted molar refractivity (Wildman–Crippen MR) is 110 cm³/mol. The molecule has 0 radical (unpaired) electrons. The minimum atomic E-state index is -0.507. The number of aryl methyl sites for hydroxylation is 1. The Hall–Kier alpha value is -2.99. The summed E-state index contributed by atoms with van der Waals surface area (Å²) >= 11 is 6.27. The molecule has 0 saturated heterocycles. The zero-order valence-electron chi connectivity index (χ0n) is 16.2. The van der Waals surface area contributed by atoms with E-state index in [0.29, 0.717) is 39.5 Å². The van der Waals surface area contributed by atoms with Gasteiger partial charge in [0.1, 0.15) is 12.2 Å². The van der Waals surface area contributed by atoms with Gasteiger partial charge < -0.3 is 18.6 Å². The molecule has 3 rings (SSSR count). The van der Waals surface area contributed by atoms with Crippen molar-refractivity contribution < 1.29 is 23.4 Å². The van der Waals surface area contributed by atoms with Gasteiger partial charge in [0.2, 0.25) is 0 Å². The molecule has 0 amide bonds. The van der Waals surface area contributed by atoms with Crippen LogP contribution in [-0.4, -0.2) is 19.7 Å². The van der Waals surface area contributed by atoms with Crippen LogP contribution in [0.2, 0.25) is 5.02 Å². The largest absolute Gasteiger partial charge is 0.493 e. The van der Waals surface area contributed by atoms with E-state index in [4.69, 9.17) is 30.2 Å². The lowest BCUT2D eigenvalue weighted by molar-refractivity contribution is -0.145. The number of carbonyl (C=O) groups is 1. The van der Waals surface area contributed by atoms with Crippen molar-refractivity contribution in [2.75, 3.05) is 13.7 Å². The van der Waals surface area contributed by atoms with Crippen LogP contribution in [-0.2, 0) is 22.6 Å². The SMILES string of the molecule is CCc1cc2oc(=O)cc(COC(=O)CCOc3ccccc3OC)c2cc1Cl. The number of benzene rings is 2. The van der Waals surface area contributed by atoms with Crippen molar-refractivity contribution in [2.45, 2.75) is 26.4 Å². The number of hydrogen-bond acceptors (Lipinski definition) is 6. The van der Waals surface area contributed by atoms with Crippen LogP contribution in [0, 0.1) is 0 Å². The second-order valence-corrected chi connectivity index (χ2v) is 6.70. The van der Waals surface area contributed by atoms with Gasteiger partial charge in [-0.1, -0.05) is 30.7 Å². The van der Waals surface area contributed by atoms with Crippen LogP contribution in [0.25, 0.3) is 11.0 Å². The highest BCUT2D eigenvalue weighted by atomic mass is 35.5. The molecule has 6 nitrogen and oxygen atoms in total. The van der Waals surface area contributed by atoms with E-state index >= 15 is 0 Å². The number of hydrogen-bond donors (Lipinski definition) is 0. The molecule has 29 heavy (non-hydrogen) atoms. The number of ether oxygens (including phenoxy) is 3. The van der Waals surface area contributed by atoms with E-state index in [0.717, 1.165) is 5.56 Å². The topological polar surface area (TPSA) is 75.0 Å². The molecule has 0 unspecified atom stereocenters. The van der Waals surface area contributed by atoms with E-state index in [1.807, 2.05) is 19.1 Å². The second kappa shape index (κ2) is 9.47. The van der Waals surface area contributed by atoms with Gasteiger partial charge in [-0.25, -0.2) is 4.79 Å². The zero-order chi connectivity index (χ0) is 20.8. The Bertz CT molecular complexity index is 1070. The highest BCUT2D eigenvalue weighted by molar-refractivity contribution is 6.32. The van der Waals surface area contributed by atoms with Crippen molar-refractivity contribution in [1.29, 1.82) is 0 Å². The number of rotatable bonds is 8. The molecule has 0 fully saturated rings. The Kier molecular flexibility index (Phi) is 6.77. The molecule has 0 aliphatic carbocycles. The Morgan fingerprint density at radius 1 is 1.10 bits per heavy atom. The molecular weight excluding hydrogens is 396 g/mol. The predicted octanol–water partition coefficient (Wildman–Crippen LogP) is 4.53. The lowest BCUT2D eigenvalue weighted by Gasteiger charge is -2.11. The Labute approximate surface area is 172 Å². The van der Waals surface area contributed by atoms with Gasteiger partial charge in [-0.15, -0.1) is 0 Å². The van der Waals surface area contributed by atoms with E-state index < -0.39 is 11.6 Å². The van der Waals surface area contributed by atoms with Gasteiger partial charge in [0.05, 0.1) is 20.1 Å². The lowest BCUT2D eigenvalue weighted by Crippen LogP contribution is -2.11. The summed E-state index contributed by atoms with van der Waals surface area (Å²) in [7, 11) is 1.55. The average molecular weight is 417 g/mol. The van der Waals surface area contributed by atoms with Gasteiger partial charge in [0.25, 0.3) is 0 Å². The summed E-state index contributed by atoms with van der Waals surface area (Å²) in [5.74, 6) is 0.695. The Morgan fingerprint density at radius 3 is 2.59 bits per heavy atom. The number of methoxy groups -OCH3 is 1. The summed E-state index contributed by atoms with van der Waals surface area (Å²) in [5.41, 5.74) is 1.33. The maximum atomic E-state index is 12.1. The van der Waals surface area contributed by atoms with E-state index in [9.17, 15) is 9.59 Å². The maximum Gasteiger partial charge on any atom is 0.336 e. The number of fused-ring (bicyclic) bond motifs is 1. The summed E-state index contributed by atoms with van der Waals surface area (Å²) in [6, 6.07) is 12.0. The fraction of sp³-hybridized carbons (Fsp3) is 0.273. The quantitative estimate of drug-likeness (QED) is 0.396. The van der Waals surface area contributed by atoms with Crippen LogP contribution in [0.15, 0.2) is 51.7 Å². The number of para-hydroxylation sites is 2. The lowest BCUT2D eigenvalue weighted by atomic mass is 10.1. The molecule has 0 bridgehead atoms. The van der Waals surface area contributed by atoms with E-state index in [1.165, 1.54) is 6.07 Å². The van der Waals surface area contributed by atoms with Crippen molar-refractivity contribution in [3.63, 3.8) is 0 Å². The summed E-state index contributed by atoms with van der Waals surface area (Å²) in [4.78, 5) is 23.9. The minimum absolute atomic E-state index is 0.0537. The van der Waals surface area contributed by atoms with Crippen LogP contribution < -0.4 is 15.1 Å². The standard InChI is InChI=1S/C22H21ClO6/c1-3-14-10-20-16(12-17(14)23)15(11-22(25)29-20)13-28-21(24)8-9-27-19-7-5-4-6-18(19)26-2/h4-7,10-12H,3,8-9,13H2,1-2H3. The smallest absolute Gasteiger partial charge is 0.336 e. The third-order valence-electron chi connectivity index (χ3n) is 4.40. The van der Waals surface area contributed by atoms with Gasteiger partial charge in [0, 0.05) is 22.0 Å². The number of esters is 1. The molecule has 7 heteroatoms. The number of halogens is 1. The van der Waals surface area contributed by atoms with E-state index in [-0.39, 0.29) is 19.6 Å². The van der Waals surface area contributed by atoms with Crippen LogP contribution in [0.4, 0.5) is 0 Å². The van der Waals surface area contributed by atoms with Crippen molar-refractivity contribution in [3.8, 4) is 11.5 Å². The summed E-state index contributed by atoms with van der Waals surface area (Å²) in [6.07, 6.45) is 0.766. The first kappa shape index (κ1) is 20.7. The fourth-order valence-electron chi connectivity index (χ4n) is 2.89. The summed E-state index contributed by atoms with van der Waals surface area (Å²) in [5, 5.41) is 1.22. The van der Waals surface area contributed by atoms with Gasteiger partial charge in [0.15, 0.2) is 11.5 Å².